The number of carbonyl (C=O) groups is 2. The zero-order valence-electron chi connectivity index (χ0n) is 21.9. The Morgan fingerprint density at radius 2 is 1.71 bits per heavy atom. The number of benzene rings is 3. The SMILES string of the molecule is COc1ccc(C(=O)Oc2c(Cl)cc(C=C3C(=N)N4C(c5ccc(F)cc5)=CSC4=NC3=O)cc2OC)cc1OC. The van der Waals surface area contributed by atoms with Crippen LogP contribution in [0.2, 0.25) is 5.02 Å². The van der Waals surface area contributed by atoms with Gasteiger partial charge in [-0.2, -0.15) is 4.99 Å². The number of fused-ring (bicyclic) bond motifs is 1. The summed E-state index contributed by atoms with van der Waals surface area (Å²) >= 11 is 7.69. The zero-order chi connectivity index (χ0) is 29.3. The second-order valence-corrected chi connectivity index (χ2v) is 9.81. The third-order valence-electron chi connectivity index (χ3n) is 6.13. The van der Waals surface area contributed by atoms with Crippen molar-refractivity contribution in [2.24, 2.45) is 4.99 Å². The first-order valence-corrected chi connectivity index (χ1v) is 13.2. The number of esters is 1. The molecule has 5 rings (SSSR count). The topological polar surface area (TPSA) is 111 Å². The first-order valence-electron chi connectivity index (χ1n) is 11.9. The number of amidine groups is 2. The van der Waals surface area contributed by atoms with Gasteiger partial charge in [0.2, 0.25) is 0 Å². The Morgan fingerprint density at radius 1 is 1.00 bits per heavy atom. The van der Waals surface area contributed by atoms with Crippen LogP contribution in [0.15, 0.2) is 70.6 Å². The van der Waals surface area contributed by atoms with Crippen molar-refractivity contribution in [1.29, 1.82) is 5.41 Å². The molecule has 0 saturated carbocycles. The van der Waals surface area contributed by atoms with Gasteiger partial charge < -0.3 is 18.9 Å². The Bertz CT molecular complexity index is 1690. The highest BCUT2D eigenvalue weighted by molar-refractivity contribution is 8.17. The van der Waals surface area contributed by atoms with Crippen LogP contribution in [0.3, 0.4) is 0 Å². The molecule has 0 bridgehead atoms. The van der Waals surface area contributed by atoms with Crippen molar-refractivity contribution in [3.8, 4) is 23.0 Å². The lowest BCUT2D eigenvalue weighted by Gasteiger charge is -2.27. The van der Waals surface area contributed by atoms with Crippen LogP contribution in [0.1, 0.15) is 21.5 Å². The van der Waals surface area contributed by atoms with Crippen LogP contribution in [-0.2, 0) is 4.79 Å². The first-order chi connectivity index (χ1) is 19.7. The van der Waals surface area contributed by atoms with E-state index in [0.717, 1.165) is 0 Å². The van der Waals surface area contributed by atoms with Gasteiger partial charge in [-0.3, -0.25) is 15.1 Å². The summed E-state index contributed by atoms with van der Waals surface area (Å²) in [5, 5.41) is 10.9. The van der Waals surface area contributed by atoms with E-state index in [-0.39, 0.29) is 39.3 Å². The van der Waals surface area contributed by atoms with Crippen LogP contribution in [0, 0.1) is 11.2 Å². The molecule has 41 heavy (non-hydrogen) atoms. The fraction of sp³-hybridized carbons (Fsp3) is 0.103. The highest BCUT2D eigenvalue weighted by atomic mass is 35.5. The van der Waals surface area contributed by atoms with E-state index in [4.69, 9.17) is 36.0 Å². The molecule has 0 aliphatic carbocycles. The number of hydrogen-bond acceptors (Lipinski definition) is 8. The minimum Gasteiger partial charge on any atom is -0.493 e. The summed E-state index contributed by atoms with van der Waals surface area (Å²) in [6, 6.07) is 13.4. The maximum atomic E-state index is 13.5. The number of amides is 1. The number of nitrogens with zero attached hydrogens (tertiary/aromatic N) is 2. The summed E-state index contributed by atoms with van der Waals surface area (Å²) < 4.78 is 34.9. The lowest BCUT2D eigenvalue weighted by atomic mass is 10.1. The zero-order valence-corrected chi connectivity index (χ0v) is 23.4. The normalized spacial score (nSPS) is 15.3. The van der Waals surface area contributed by atoms with E-state index in [0.29, 0.717) is 33.5 Å². The summed E-state index contributed by atoms with van der Waals surface area (Å²) in [6.07, 6.45) is 1.45. The van der Waals surface area contributed by atoms with E-state index >= 15 is 0 Å². The molecule has 1 amide bonds. The second kappa shape index (κ2) is 11.5. The van der Waals surface area contributed by atoms with E-state index in [1.54, 1.807) is 23.6 Å². The van der Waals surface area contributed by atoms with Crippen molar-refractivity contribution in [3.63, 3.8) is 0 Å². The van der Waals surface area contributed by atoms with Gasteiger partial charge in [-0.25, -0.2) is 9.18 Å². The van der Waals surface area contributed by atoms with E-state index in [1.165, 1.54) is 80.5 Å². The Labute approximate surface area is 243 Å². The number of halogens is 2. The molecule has 0 spiro atoms. The lowest BCUT2D eigenvalue weighted by Crippen LogP contribution is -2.38. The fourth-order valence-electron chi connectivity index (χ4n) is 4.13. The average molecular weight is 594 g/mol. The Hall–Kier alpha value is -4.61. The molecule has 0 saturated heterocycles. The Kier molecular flexibility index (Phi) is 7.82. The quantitative estimate of drug-likeness (QED) is 0.201. The van der Waals surface area contributed by atoms with E-state index in [2.05, 4.69) is 4.99 Å². The third kappa shape index (κ3) is 5.41. The molecule has 0 fully saturated rings. The van der Waals surface area contributed by atoms with E-state index in [9.17, 15) is 14.0 Å². The molecule has 0 aromatic heterocycles. The number of thioether (sulfide) groups is 1. The molecular weight excluding hydrogens is 573 g/mol. The average Bonchev–Trinajstić information content (AvgIpc) is 3.40. The molecule has 0 radical (unpaired) electrons. The molecule has 3 aromatic carbocycles. The molecule has 9 nitrogen and oxygen atoms in total. The largest absolute Gasteiger partial charge is 0.493 e. The number of aliphatic imine (C=N–C) groups is 1. The van der Waals surface area contributed by atoms with Crippen LogP contribution in [0.5, 0.6) is 23.0 Å². The number of rotatable bonds is 7. The molecule has 2 heterocycles. The predicted octanol–water partition coefficient (Wildman–Crippen LogP) is 6.03. The number of carbonyl (C=O) groups excluding carboxylic acids is 2. The van der Waals surface area contributed by atoms with Gasteiger partial charge in [-0.15, -0.1) is 0 Å². The van der Waals surface area contributed by atoms with Gasteiger partial charge in [0, 0.05) is 5.41 Å². The van der Waals surface area contributed by atoms with Gasteiger partial charge in [0.1, 0.15) is 11.7 Å². The smallest absolute Gasteiger partial charge is 0.343 e. The van der Waals surface area contributed by atoms with Crippen molar-refractivity contribution in [1.82, 2.24) is 4.90 Å². The molecule has 0 atom stereocenters. The van der Waals surface area contributed by atoms with Crippen LogP contribution >= 0.6 is 23.4 Å². The number of nitrogens with one attached hydrogen (secondary N) is 1. The molecule has 12 heteroatoms. The molecular formula is C29H21ClFN3O6S. The van der Waals surface area contributed by atoms with Gasteiger partial charge in [-0.1, -0.05) is 23.4 Å². The molecule has 0 unspecified atom stereocenters. The minimum absolute atomic E-state index is 0.00236. The molecule has 208 valence electrons. The van der Waals surface area contributed by atoms with Crippen LogP contribution in [-0.4, -0.2) is 49.1 Å². The van der Waals surface area contributed by atoms with Crippen molar-refractivity contribution < 1.29 is 32.9 Å². The highest BCUT2D eigenvalue weighted by Gasteiger charge is 2.36. The van der Waals surface area contributed by atoms with Gasteiger partial charge in [0.15, 0.2) is 28.2 Å². The maximum Gasteiger partial charge on any atom is 0.343 e. The maximum absolute atomic E-state index is 13.5. The standard InChI is InChI=1S/C29H21ClFN3O6S/c1-37-22-9-6-17(13-23(22)38-2)28(36)40-25-20(30)11-15(12-24(25)39-3)10-19-26(32)34-21(14-41-29(34)33-27(19)35)16-4-7-18(31)8-5-16/h4-14,32H,1-3H3. The highest BCUT2D eigenvalue weighted by Crippen LogP contribution is 2.40. The minimum atomic E-state index is -0.713. The van der Waals surface area contributed by atoms with Crippen molar-refractivity contribution in [2.75, 3.05) is 21.3 Å². The summed E-state index contributed by atoms with van der Waals surface area (Å²) in [6.45, 7) is 0. The molecule has 2 aliphatic heterocycles. The summed E-state index contributed by atoms with van der Waals surface area (Å²) in [5.74, 6) is -0.927. The Balaban J connectivity index is 1.44. The predicted molar refractivity (Wildman–Crippen MR) is 154 cm³/mol. The van der Waals surface area contributed by atoms with Gasteiger partial charge in [0.05, 0.1) is 43.2 Å². The van der Waals surface area contributed by atoms with Gasteiger partial charge in [0.25, 0.3) is 5.91 Å². The van der Waals surface area contributed by atoms with Gasteiger partial charge >= 0.3 is 5.97 Å². The second-order valence-electron chi connectivity index (χ2n) is 8.56. The van der Waals surface area contributed by atoms with Crippen molar-refractivity contribution >= 4 is 58.0 Å². The van der Waals surface area contributed by atoms with Crippen molar-refractivity contribution in [3.05, 3.63) is 93.1 Å². The number of methoxy groups -OCH3 is 3. The third-order valence-corrected chi connectivity index (χ3v) is 7.24. The fourth-order valence-corrected chi connectivity index (χ4v) is 5.28. The summed E-state index contributed by atoms with van der Waals surface area (Å²) in [7, 11) is 4.31. The number of ether oxygens (including phenoxy) is 4. The van der Waals surface area contributed by atoms with Crippen LogP contribution in [0.25, 0.3) is 11.8 Å². The lowest BCUT2D eigenvalue weighted by molar-refractivity contribution is -0.114. The molecule has 2 aliphatic rings. The summed E-state index contributed by atoms with van der Waals surface area (Å²) in [5.41, 5.74) is 1.84. The van der Waals surface area contributed by atoms with E-state index in [1.807, 2.05) is 0 Å². The van der Waals surface area contributed by atoms with Crippen LogP contribution < -0.4 is 18.9 Å². The molecule has 1 N–H and O–H groups in total. The van der Waals surface area contributed by atoms with Crippen LogP contribution in [0.4, 0.5) is 4.39 Å². The van der Waals surface area contributed by atoms with Crippen molar-refractivity contribution in [2.45, 2.75) is 0 Å². The molecule has 3 aromatic rings. The first kappa shape index (κ1) is 27.9. The summed E-state index contributed by atoms with van der Waals surface area (Å²) in [4.78, 5) is 31.4. The number of hydrogen-bond donors (Lipinski definition) is 1. The van der Waals surface area contributed by atoms with E-state index < -0.39 is 11.9 Å². The Morgan fingerprint density at radius 3 is 2.39 bits per heavy atom. The monoisotopic (exact) mass is 593 g/mol. The van der Waals surface area contributed by atoms with Gasteiger partial charge in [-0.05, 0) is 71.8 Å².